The average Bonchev–Trinajstić information content (AvgIpc) is 2.58. The van der Waals surface area contributed by atoms with E-state index in [0.29, 0.717) is 18.6 Å². The van der Waals surface area contributed by atoms with Crippen LogP contribution in [0.4, 0.5) is 0 Å². The van der Waals surface area contributed by atoms with Crippen molar-refractivity contribution in [3.8, 4) is 0 Å². The van der Waals surface area contributed by atoms with Crippen LogP contribution in [0.1, 0.15) is 58.3 Å². The van der Waals surface area contributed by atoms with Gasteiger partial charge in [-0.3, -0.25) is 4.79 Å². The molecule has 0 radical (unpaired) electrons. The molecule has 3 heteroatoms. The molecule has 0 atom stereocenters. The van der Waals surface area contributed by atoms with Gasteiger partial charge in [0.2, 0.25) is 0 Å². The summed E-state index contributed by atoms with van der Waals surface area (Å²) in [5, 5.41) is 18.2. The summed E-state index contributed by atoms with van der Waals surface area (Å²) in [6, 6.07) is 0. The SMILES string of the molecule is CCC=CCC=CCC(O)=CCC=CCC=CCC=CCCC(=O)O. The van der Waals surface area contributed by atoms with Crippen LogP contribution in [0.3, 0.4) is 0 Å². The number of aliphatic hydroxyl groups is 1. The fourth-order valence-electron chi connectivity index (χ4n) is 1.89. The summed E-state index contributed by atoms with van der Waals surface area (Å²) in [4.78, 5) is 10.3. The van der Waals surface area contributed by atoms with Crippen molar-refractivity contribution >= 4 is 5.97 Å². The van der Waals surface area contributed by atoms with Gasteiger partial charge >= 0.3 is 5.97 Å². The van der Waals surface area contributed by atoms with Gasteiger partial charge < -0.3 is 10.2 Å². The van der Waals surface area contributed by atoms with Crippen molar-refractivity contribution < 1.29 is 15.0 Å². The smallest absolute Gasteiger partial charge is 0.303 e. The largest absolute Gasteiger partial charge is 0.512 e. The molecule has 0 aromatic carbocycles. The minimum atomic E-state index is -0.759. The summed E-state index contributed by atoms with van der Waals surface area (Å²) in [6.07, 6.45) is 28.0. The van der Waals surface area contributed by atoms with E-state index in [0.717, 1.165) is 32.1 Å². The van der Waals surface area contributed by atoms with Crippen LogP contribution in [0.2, 0.25) is 0 Å². The van der Waals surface area contributed by atoms with Crippen LogP contribution >= 0.6 is 0 Å². The van der Waals surface area contributed by atoms with Crippen LogP contribution in [0, 0.1) is 0 Å². The molecule has 25 heavy (non-hydrogen) atoms. The van der Waals surface area contributed by atoms with Crippen molar-refractivity contribution in [1.82, 2.24) is 0 Å². The summed E-state index contributed by atoms with van der Waals surface area (Å²) in [7, 11) is 0. The molecule has 0 aliphatic rings. The fourth-order valence-corrected chi connectivity index (χ4v) is 1.89. The van der Waals surface area contributed by atoms with E-state index < -0.39 is 5.97 Å². The highest BCUT2D eigenvalue weighted by molar-refractivity contribution is 5.66. The molecule has 0 bridgehead atoms. The van der Waals surface area contributed by atoms with Gasteiger partial charge in [-0.1, -0.05) is 67.7 Å². The summed E-state index contributed by atoms with van der Waals surface area (Å²) >= 11 is 0. The van der Waals surface area contributed by atoms with E-state index in [2.05, 4.69) is 43.4 Å². The first-order valence-electron chi connectivity index (χ1n) is 9.01. The van der Waals surface area contributed by atoms with E-state index in [4.69, 9.17) is 5.11 Å². The molecular weight excluding hydrogens is 312 g/mol. The molecule has 0 aromatic rings. The highest BCUT2D eigenvalue weighted by Gasteiger charge is 1.90. The molecule has 0 aliphatic carbocycles. The molecule has 0 unspecified atom stereocenters. The Kier molecular flexibility index (Phi) is 16.4. The van der Waals surface area contributed by atoms with E-state index in [1.807, 2.05) is 30.4 Å². The molecule has 0 rings (SSSR count). The van der Waals surface area contributed by atoms with Gasteiger partial charge in [0.25, 0.3) is 0 Å². The van der Waals surface area contributed by atoms with Crippen LogP contribution < -0.4 is 0 Å². The van der Waals surface area contributed by atoms with Gasteiger partial charge in [0.1, 0.15) is 0 Å². The van der Waals surface area contributed by atoms with Crippen LogP contribution in [-0.2, 0) is 4.79 Å². The van der Waals surface area contributed by atoms with Gasteiger partial charge in [0.05, 0.1) is 5.76 Å². The van der Waals surface area contributed by atoms with Crippen molar-refractivity contribution in [2.45, 2.75) is 58.3 Å². The number of carbonyl (C=O) groups is 1. The van der Waals surface area contributed by atoms with Gasteiger partial charge in [-0.05, 0) is 44.6 Å². The Hall–Kier alpha value is -2.29. The Balaban J connectivity index is 3.70. The minimum Gasteiger partial charge on any atom is -0.512 e. The number of hydrogen-bond acceptors (Lipinski definition) is 2. The third-order valence-electron chi connectivity index (χ3n) is 3.23. The van der Waals surface area contributed by atoms with Crippen LogP contribution in [0.15, 0.2) is 72.6 Å². The van der Waals surface area contributed by atoms with Crippen molar-refractivity contribution in [2.75, 3.05) is 0 Å². The monoisotopic (exact) mass is 344 g/mol. The van der Waals surface area contributed by atoms with Crippen LogP contribution in [0.5, 0.6) is 0 Å². The molecule has 0 fully saturated rings. The molecule has 0 amide bonds. The Morgan fingerprint density at radius 3 is 1.84 bits per heavy atom. The maximum atomic E-state index is 10.3. The summed E-state index contributed by atoms with van der Waals surface area (Å²) in [5.41, 5.74) is 0. The quantitative estimate of drug-likeness (QED) is 0.282. The average molecular weight is 344 g/mol. The fraction of sp³-hybridized carbons (Fsp3) is 0.409. The third-order valence-corrected chi connectivity index (χ3v) is 3.23. The van der Waals surface area contributed by atoms with Gasteiger partial charge in [0.15, 0.2) is 0 Å². The molecular formula is C22H32O3. The predicted molar refractivity (Wildman–Crippen MR) is 107 cm³/mol. The van der Waals surface area contributed by atoms with Gasteiger partial charge in [-0.2, -0.15) is 0 Å². The second-order valence-electron chi connectivity index (χ2n) is 5.54. The van der Waals surface area contributed by atoms with Gasteiger partial charge in [0, 0.05) is 12.8 Å². The zero-order chi connectivity index (χ0) is 18.6. The van der Waals surface area contributed by atoms with E-state index >= 15 is 0 Å². The van der Waals surface area contributed by atoms with Crippen molar-refractivity contribution in [3.63, 3.8) is 0 Å². The third kappa shape index (κ3) is 19.7. The van der Waals surface area contributed by atoms with Crippen molar-refractivity contribution in [3.05, 3.63) is 72.6 Å². The van der Waals surface area contributed by atoms with Gasteiger partial charge in [-0.25, -0.2) is 0 Å². The second-order valence-corrected chi connectivity index (χ2v) is 5.54. The predicted octanol–water partition coefficient (Wildman–Crippen LogP) is 6.43. The molecule has 0 aromatic heterocycles. The molecule has 0 aliphatic heterocycles. The number of aliphatic carboxylic acids is 1. The second kappa shape index (κ2) is 18.1. The van der Waals surface area contributed by atoms with Crippen LogP contribution in [-0.4, -0.2) is 16.2 Å². The highest BCUT2D eigenvalue weighted by atomic mass is 16.4. The lowest BCUT2D eigenvalue weighted by Gasteiger charge is -1.93. The van der Waals surface area contributed by atoms with E-state index in [-0.39, 0.29) is 6.42 Å². The molecule has 0 heterocycles. The Bertz CT molecular complexity index is 505. The van der Waals surface area contributed by atoms with Crippen LogP contribution in [0.25, 0.3) is 0 Å². The lowest BCUT2D eigenvalue weighted by Crippen LogP contribution is -1.91. The Labute approximate surface area is 152 Å². The Morgan fingerprint density at radius 2 is 1.24 bits per heavy atom. The summed E-state index contributed by atoms with van der Waals surface area (Å²) in [5.74, 6) is -0.354. The molecule has 138 valence electrons. The first-order chi connectivity index (χ1) is 12.2. The van der Waals surface area contributed by atoms with Crippen molar-refractivity contribution in [2.24, 2.45) is 0 Å². The maximum absolute atomic E-state index is 10.3. The van der Waals surface area contributed by atoms with E-state index in [9.17, 15) is 9.90 Å². The number of carboxylic acid groups (broad SMARTS) is 1. The first-order valence-corrected chi connectivity index (χ1v) is 9.01. The number of allylic oxidation sites excluding steroid dienone is 11. The van der Waals surface area contributed by atoms with Crippen molar-refractivity contribution in [1.29, 1.82) is 0 Å². The molecule has 3 nitrogen and oxygen atoms in total. The molecule has 2 N–H and O–H groups in total. The zero-order valence-corrected chi connectivity index (χ0v) is 15.3. The summed E-state index contributed by atoms with van der Waals surface area (Å²) < 4.78 is 0. The maximum Gasteiger partial charge on any atom is 0.303 e. The lowest BCUT2D eigenvalue weighted by atomic mass is 10.2. The number of aliphatic hydroxyl groups excluding tert-OH is 1. The minimum absolute atomic E-state index is 0.189. The van der Waals surface area contributed by atoms with E-state index in [1.54, 1.807) is 0 Å². The normalized spacial score (nSPS) is 13.4. The zero-order valence-electron chi connectivity index (χ0n) is 15.3. The lowest BCUT2D eigenvalue weighted by molar-refractivity contribution is -0.136. The number of carboxylic acids is 1. The topological polar surface area (TPSA) is 57.5 Å². The first kappa shape index (κ1) is 22.7. The molecule has 0 spiro atoms. The standard InChI is InChI=1S/C22H32O3/c1-2-3-4-5-12-15-18-21(23)19-16-13-10-8-6-7-9-11-14-17-20-22(24)25/h3-4,6-7,10-15,19,23H,2,5,8-9,16-18,20H2,1H3,(H,24,25). The summed E-state index contributed by atoms with van der Waals surface area (Å²) in [6.45, 7) is 2.11. The highest BCUT2D eigenvalue weighted by Crippen LogP contribution is 2.02. The van der Waals surface area contributed by atoms with E-state index in [1.165, 1.54) is 0 Å². The number of hydrogen-bond donors (Lipinski definition) is 2. The van der Waals surface area contributed by atoms with Gasteiger partial charge in [-0.15, -0.1) is 0 Å². The molecule has 0 saturated carbocycles. The Morgan fingerprint density at radius 1 is 0.720 bits per heavy atom. The number of rotatable bonds is 14. The molecule has 0 saturated heterocycles.